The number of carbonyl (C=O) groups is 1. The van der Waals surface area contributed by atoms with Crippen molar-refractivity contribution in [2.45, 2.75) is 18.0 Å². The van der Waals surface area contributed by atoms with Crippen LogP contribution in [0.5, 0.6) is 5.75 Å². The number of aromatic nitrogens is 2. The van der Waals surface area contributed by atoms with Gasteiger partial charge in [-0.3, -0.25) is 19.7 Å². The summed E-state index contributed by atoms with van der Waals surface area (Å²) in [7, 11) is 0. The van der Waals surface area contributed by atoms with Crippen molar-refractivity contribution < 1.29 is 9.53 Å². The van der Waals surface area contributed by atoms with Gasteiger partial charge < -0.3 is 4.74 Å². The fraction of sp³-hybridized carbons (Fsp3) is 0.167. The molecule has 6 heteroatoms. The van der Waals surface area contributed by atoms with Gasteiger partial charge in [0.25, 0.3) is 0 Å². The normalized spacial score (nSPS) is 18.5. The van der Waals surface area contributed by atoms with Crippen molar-refractivity contribution in [2.75, 3.05) is 5.75 Å². The molecule has 0 aliphatic carbocycles. The minimum Gasteiger partial charge on any atom is -0.487 e. The van der Waals surface area contributed by atoms with Gasteiger partial charge in [-0.1, -0.05) is 48.5 Å². The molecule has 1 aliphatic rings. The Morgan fingerprint density at radius 1 is 1.10 bits per heavy atom. The zero-order valence-electron chi connectivity index (χ0n) is 16.3. The predicted octanol–water partition coefficient (Wildman–Crippen LogP) is 4.66. The molecule has 5 nitrogen and oxygen atoms in total. The fourth-order valence-electron chi connectivity index (χ4n) is 3.70. The summed E-state index contributed by atoms with van der Waals surface area (Å²) in [5.41, 5.74) is 2.99. The van der Waals surface area contributed by atoms with Gasteiger partial charge in [-0.15, -0.1) is 11.8 Å². The Kier molecular flexibility index (Phi) is 5.26. The van der Waals surface area contributed by atoms with E-state index >= 15 is 0 Å². The molecule has 2 atom stereocenters. The lowest BCUT2D eigenvalue weighted by atomic mass is 10.2. The number of nitrogens with one attached hydrogen (secondary N) is 1. The molecule has 1 saturated heterocycles. The molecule has 1 fully saturated rings. The van der Waals surface area contributed by atoms with Crippen molar-refractivity contribution in [3.63, 3.8) is 0 Å². The van der Waals surface area contributed by atoms with Crippen LogP contribution >= 0.6 is 11.8 Å². The van der Waals surface area contributed by atoms with E-state index in [9.17, 15) is 4.79 Å². The number of nitrogens with zero attached hydrogens (tertiary/aromatic N) is 2. The topological polar surface area (TPSA) is 56.2 Å². The lowest BCUT2D eigenvalue weighted by molar-refractivity contribution is 0.0878. The molecule has 30 heavy (non-hydrogen) atoms. The second-order valence-corrected chi connectivity index (χ2v) is 8.35. The van der Waals surface area contributed by atoms with Crippen LogP contribution in [0, 0.1) is 0 Å². The van der Waals surface area contributed by atoms with Crippen LogP contribution in [0.4, 0.5) is 0 Å². The quantitative estimate of drug-likeness (QED) is 0.514. The number of pyridine rings is 1. The Hall–Kier alpha value is -3.09. The van der Waals surface area contributed by atoms with Gasteiger partial charge >= 0.3 is 0 Å². The molecular weight excluding hydrogens is 394 g/mol. The number of benzene rings is 2. The van der Waals surface area contributed by atoms with Crippen LogP contribution in [0.3, 0.4) is 0 Å². The summed E-state index contributed by atoms with van der Waals surface area (Å²) in [4.78, 5) is 17.5. The van der Waals surface area contributed by atoms with Gasteiger partial charge in [-0.05, 0) is 29.3 Å². The Bertz CT molecular complexity index is 1160. The number of fused-ring (bicyclic) bond motifs is 1. The first kappa shape index (κ1) is 18.9. The molecule has 3 heterocycles. The number of para-hydroxylation sites is 1. The zero-order valence-corrected chi connectivity index (χ0v) is 17.1. The van der Waals surface area contributed by atoms with E-state index in [1.807, 2.05) is 79.1 Å². The summed E-state index contributed by atoms with van der Waals surface area (Å²) < 4.78 is 7.82. The molecule has 4 aromatic rings. The first-order valence-electron chi connectivity index (χ1n) is 9.88. The minimum atomic E-state index is -0.266. The highest BCUT2D eigenvalue weighted by atomic mass is 32.2. The predicted molar refractivity (Wildman–Crippen MR) is 120 cm³/mol. The number of carbonyl (C=O) groups excluding carboxylic acids is 1. The second-order valence-electron chi connectivity index (χ2n) is 7.21. The summed E-state index contributed by atoms with van der Waals surface area (Å²) in [6.07, 6.45) is 5.44. The van der Waals surface area contributed by atoms with E-state index in [2.05, 4.69) is 10.3 Å². The number of hydrogen-bond acceptors (Lipinski definition) is 5. The Morgan fingerprint density at radius 2 is 2.00 bits per heavy atom. The molecule has 0 spiro atoms. The summed E-state index contributed by atoms with van der Waals surface area (Å²) >= 11 is 1.73. The Balaban J connectivity index is 1.38. The van der Waals surface area contributed by atoms with Gasteiger partial charge in [0.15, 0.2) is 0 Å². The zero-order chi connectivity index (χ0) is 20.3. The third kappa shape index (κ3) is 3.72. The average molecular weight is 416 g/mol. The van der Waals surface area contributed by atoms with Gasteiger partial charge in [-0.25, -0.2) is 0 Å². The van der Waals surface area contributed by atoms with Gasteiger partial charge in [0.05, 0.1) is 16.9 Å². The van der Waals surface area contributed by atoms with Crippen LogP contribution in [-0.4, -0.2) is 27.3 Å². The monoisotopic (exact) mass is 415 g/mol. The molecule has 0 radical (unpaired) electrons. The molecule has 1 N–H and O–H groups in total. The van der Waals surface area contributed by atoms with Gasteiger partial charge in [-0.2, -0.15) is 0 Å². The van der Waals surface area contributed by atoms with E-state index in [4.69, 9.17) is 4.74 Å². The van der Waals surface area contributed by atoms with Crippen LogP contribution < -0.4 is 10.1 Å². The highest BCUT2D eigenvalue weighted by Gasteiger charge is 2.32. The molecule has 0 amide bonds. The van der Waals surface area contributed by atoms with Crippen molar-refractivity contribution in [1.29, 1.82) is 0 Å². The minimum absolute atomic E-state index is 0.0275. The van der Waals surface area contributed by atoms with Crippen molar-refractivity contribution in [2.24, 2.45) is 0 Å². The van der Waals surface area contributed by atoms with Gasteiger partial charge in [0.1, 0.15) is 12.4 Å². The van der Waals surface area contributed by atoms with Crippen molar-refractivity contribution in [1.82, 2.24) is 14.9 Å². The summed E-state index contributed by atoms with van der Waals surface area (Å²) in [6.45, 7) is 0.458. The number of rotatable bonds is 5. The third-order valence-electron chi connectivity index (χ3n) is 5.22. The van der Waals surface area contributed by atoms with Crippen LogP contribution in [0.15, 0.2) is 85.3 Å². The van der Waals surface area contributed by atoms with E-state index in [-0.39, 0.29) is 17.3 Å². The van der Waals surface area contributed by atoms with E-state index in [1.54, 1.807) is 22.5 Å². The number of hydrogen-bond donors (Lipinski definition) is 1. The third-order valence-corrected chi connectivity index (χ3v) is 6.48. The average Bonchev–Trinajstić information content (AvgIpc) is 3.47. The SMILES string of the molecule is O=C([C@@H]1CS[C@H](c2cccnc2)N1)n1ccc2cccc(OCc3ccccc3)c21. The molecule has 1 aliphatic heterocycles. The van der Waals surface area contributed by atoms with Crippen LogP contribution in [0.1, 0.15) is 21.3 Å². The Labute approximate surface area is 179 Å². The lowest BCUT2D eigenvalue weighted by Crippen LogP contribution is -2.37. The van der Waals surface area contributed by atoms with Crippen LogP contribution in [0.25, 0.3) is 10.9 Å². The molecular formula is C24H21N3O2S. The molecule has 0 unspecified atom stereocenters. The standard InChI is InChI=1S/C24H21N3O2S/c28-24(20-16-30-23(26-20)19-9-5-12-25-14-19)27-13-11-18-8-4-10-21(22(18)27)29-15-17-6-2-1-3-7-17/h1-14,20,23,26H,15-16H2/t20-,23+/m0/s1. The van der Waals surface area contributed by atoms with Crippen molar-refractivity contribution in [3.05, 3.63) is 96.4 Å². The second kappa shape index (κ2) is 8.34. The maximum absolute atomic E-state index is 13.3. The molecule has 2 aromatic carbocycles. The Morgan fingerprint density at radius 3 is 2.83 bits per heavy atom. The number of ether oxygens (including phenoxy) is 1. The van der Waals surface area contributed by atoms with E-state index in [0.29, 0.717) is 18.1 Å². The van der Waals surface area contributed by atoms with Crippen LogP contribution in [-0.2, 0) is 6.61 Å². The van der Waals surface area contributed by atoms with Gasteiger partial charge in [0.2, 0.25) is 5.91 Å². The maximum Gasteiger partial charge on any atom is 0.249 e. The van der Waals surface area contributed by atoms with Gasteiger partial charge in [0, 0.05) is 29.7 Å². The van der Waals surface area contributed by atoms with E-state index in [1.165, 1.54) is 0 Å². The highest BCUT2D eigenvalue weighted by Crippen LogP contribution is 2.34. The molecule has 0 saturated carbocycles. The maximum atomic E-state index is 13.3. The van der Waals surface area contributed by atoms with Crippen molar-refractivity contribution in [3.8, 4) is 5.75 Å². The first-order valence-corrected chi connectivity index (χ1v) is 10.9. The highest BCUT2D eigenvalue weighted by molar-refractivity contribution is 7.99. The summed E-state index contributed by atoms with van der Waals surface area (Å²) in [5, 5.41) is 4.51. The summed E-state index contributed by atoms with van der Waals surface area (Å²) in [5.74, 6) is 1.45. The largest absolute Gasteiger partial charge is 0.487 e. The fourth-order valence-corrected chi connectivity index (χ4v) is 4.92. The molecule has 0 bridgehead atoms. The molecule has 2 aromatic heterocycles. The van der Waals surface area contributed by atoms with E-state index in [0.717, 1.165) is 22.0 Å². The van der Waals surface area contributed by atoms with Crippen molar-refractivity contribution >= 4 is 28.6 Å². The molecule has 5 rings (SSSR count). The first-order chi connectivity index (χ1) is 14.8. The van der Waals surface area contributed by atoms with E-state index < -0.39 is 0 Å². The smallest absolute Gasteiger partial charge is 0.249 e. The summed E-state index contributed by atoms with van der Waals surface area (Å²) in [6, 6.07) is 21.6. The molecule has 150 valence electrons. The van der Waals surface area contributed by atoms with Crippen LogP contribution in [0.2, 0.25) is 0 Å². The lowest BCUT2D eigenvalue weighted by Gasteiger charge is -2.15. The number of thioether (sulfide) groups is 1.